The van der Waals surface area contributed by atoms with E-state index in [0.717, 1.165) is 0 Å². The number of carbonyl (C=O) groups is 1. The fourth-order valence-electron chi connectivity index (χ4n) is 1.32. The molecular weight excluding hydrogens is 206 g/mol. The third-order valence-corrected chi connectivity index (χ3v) is 2.03. The Kier molecular flexibility index (Phi) is 2.93. The summed E-state index contributed by atoms with van der Waals surface area (Å²) >= 11 is 0. The Hall–Kier alpha value is -1.65. The van der Waals surface area contributed by atoms with Crippen LogP contribution < -0.4 is 0 Å². The second-order valence-electron chi connectivity index (χ2n) is 3.44. The first-order valence-electron chi connectivity index (χ1n) is 4.30. The number of phenolic OH excluding ortho intramolecular Hbond substituents is 1. The number of carboxylic acid groups (broad SMARTS) is 1. The summed E-state index contributed by atoms with van der Waals surface area (Å²) in [5.41, 5.74) is -1.08. The van der Waals surface area contributed by atoms with Crippen LogP contribution in [0, 0.1) is 11.6 Å². The van der Waals surface area contributed by atoms with E-state index in [2.05, 4.69) is 0 Å². The predicted octanol–water partition coefficient (Wildman–Crippen LogP) is 2.49. The van der Waals surface area contributed by atoms with Crippen molar-refractivity contribution in [1.82, 2.24) is 0 Å². The molecule has 1 rings (SSSR count). The molecule has 2 N–H and O–H groups in total. The van der Waals surface area contributed by atoms with Crippen LogP contribution in [-0.4, -0.2) is 16.2 Å². The number of rotatable bonds is 2. The van der Waals surface area contributed by atoms with Gasteiger partial charge in [-0.3, -0.25) is 0 Å². The number of halogens is 2. The zero-order chi connectivity index (χ0) is 11.7. The molecule has 0 aliphatic carbocycles. The molecule has 5 heteroatoms. The number of aromatic carboxylic acids is 1. The van der Waals surface area contributed by atoms with Gasteiger partial charge in [0, 0.05) is 5.56 Å². The monoisotopic (exact) mass is 216 g/mol. The Balaban J connectivity index is 3.56. The van der Waals surface area contributed by atoms with E-state index in [1.165, 1.54) is 13.8 Å². The lowest BCUT2D eigenvalue weighted by molar-refractivity contribution is 0.0691. The Labute approximate surface area is 85.0 Å². The molecule has 0 saturated carbocycles. The van der Waals surface area contributed by atoms with Crippen molar-refractivity contribution in [3.63, 3.8) is 0 Å². The van der Waals surface area contributed by atoms with Crippen molar-refractivity contribution in [3.05, 3.63) is 28.8 Å². The summed E-state index contributed by atoms with van der Waals surface area (Å²) in [5.74, 6) is -5.10. The Morgan fingerprint density at radius 2 is 1.93 bits per heavy atom. The Bertz CT molecular complexity index is 414. The molecule has 0 heterocycles. The molecule has 3 nitrogen and oxygen atoms in total. The van der Waals surface area contributed by atoms with Gasteiger partial charge >= 0.3 is 5.97 Å². The molecule has 0 atom stereocenters. The largest absolute Gasteiger partial charge is 0.505 e. The Morgan fingerprint density at radius 3 is 2.33 bits per heavy atom. The lowest BCUT2D eigenvalue weighted by Gasteiger charge is -2.12. The smallest absolute Gasteiger partial charge is 0.338 e. The number of benzene rings is 1. The second kappa shape index (κ2) is 3.84. The summed E-state index contributed by atoms with van der Waals surface area (Å²) in [5, 5.41) is 17.8. The number of phenols is 1. The standard InChI is InChI=1S/C10H10F2O3/c1-4(2)7-8(12)5(10(14)15)3-6(11)9(7)13/h3-4,13H,1-2H3,(H,14,15). The van der Waals surface area contributed by atoms with Crippen molar-refractivity contribution < 1.29 is 23.8 Å². The van der Waals surface area contributed by atoms with Gasteiger partial charge in [0.1, 0.15) is 5.82 Å². The fourth-order valence-corrected chi connectivity index (χ4v) is 1.32. The number of hydrogen-bond donors (Lipinski definition) is 2. The highest BCUT2D eigenvalue weighted by atomic mass is 19.1. The third-order valence-electron chi connectivity index (χ3n) is 2.03. The van der Waals surface area contributed by atoms with Crippen LogP contribution in [0.3, 0.4) is 0 Å². The molecule has 0 spiro atoms. The van der Waals surface area contributed by atoms with Gasteiger partial charge in [0.2, 0.25) is 0 Å². The van der Waals surface area contributed by atoms with E-state index >= 15 is 0 Å². The van der Waals surface area contributed by atoms with Crippen LogP contribution >= 0.6 is 0 Å². The van der Waals surface area contributed by atoms with Crippen molar-refractivity contribution in [2.24, 2.45) is 0 Å². The first kappa shape index (κ1) is 11.4. The van der Waals surface area contributed by atoms with Crippen molar-refractivity contribution in [3.8, 4) is 5.75 Å². The summed E-state index contributed by atoms with van der Waals surface area (Å²) in [6.45, 7) is 3.06. The predicted molar refractivity (Wildman–Crippen MR) is 49.1 cm³/mol. The number of hydrogen-bond acceptors (Lipinski definition) is 2. The van der Waals surface area contributed by atoms with E-state index < -0.39 is 34.8 Å². The van der Waals surface area contributed by atoms with Gasteiger partial charge in [0.15, 0.2) is 11.6 Å². The molecule has 1 aromatic rings. The van der Waals surface area contributed by atoms with Crippen LogP contribution in [0.5, 0.6) is 5.75 Å². The van der Waals surface area contributed by atoms with Crippen LogP contribution in [0.15, 0.2) is 6.07 Å². The van der Waals surface area contributed by atoms with Crippen LogP contribution in [0.4, 0.5) is 8.78 Å². The van der Waals surface area contributed by atoms with Gasteiger partial charge in [-0.25, -0.2) is 13.6 Å². The van der Waals surface area contributed by atoms with Crippen LogP contribution in [-0.2, 0) is 0 Å². The van der Waals surface area contributed by atoms with E-state index in [9.17, 15) is 18.7 Å². The topological polar surface area (TPSA) is 57.5 Å². The van der Waals surface area contributed by atoms with Crippen molar-refractivity contribution in [2.75, 3.05) is 0 Å². The lowest BCUT2D eigenvalue weighted by Crippen LogP contribution is -2.07. The van der Waals surface area contributed by atoms with Crippen LogP contribution in [0.1, 0.15) is 35.7 Å². The zero-order valence-electron chi connectivity index (χ0n) is 8.21. The molecule has 0 saturated heterocycles. The van der Waals surface area contributed by atoms with E-state index in [-0.39, 0.29) is 5.56 Å². The summed E-state index contributed by atoms with van der Waals surface area (Å²) in [6.07, 6.45) is 0. The van der Waals surface area contributed by atoms with Gasteiger partial charge in [-0.05, 0) is 12.0 Å². The maximum Gasteiger partial charge on any atom is 0.338 e. The second-order valence-corrected chi connectivity index (χ2v) is 3.44. The van der Waals surface area contributed by atoms with Crippen LogP contribution in [0.2, 0.25) is 0 Å². The summed E-state index contributed by atoms with van der Waals surface area (Å²) < 4.78 is 26.6. The SMILES string of the molecule is CC(C)c1c(O)c(F)cc(C(=O)O)c1F. The van der Waals surface area contributed by atoms with E-state index in [0.29, 0.717) is 6.07 Å². The molecule has 0 aliphatic rings. The summed E-state index contributed by atoms with van der Waals surface area (Å²) in [4.78, 5) is 10.6. The third kappa shape index (κ3) is 1.91. The molecule has 82 valence electrons. The molecule has 0 bridgehead atoms. The quantitative estimate of drug-likeness (QED) is 0.798. The minimum atomic E-state index is -1.56. The number of aromatic hydroxyl groups is 1. The van der Waals surface area contributed by atoms with Gasteiger partial charge in [-0.15, -0.1) is 0 Å². The van der Waals surface area contributed by atoms with Gasteiger partial charge < -0.3 is 10.2 Å². The van der Waals surface area contributed by atoms with Crippen molar-refractivity contribution in [1.29, 1.82) is 0 Å². The molecular formula is C10H10F2O3. The molecule has 0 fully saturated rings. The molecule has 0 aromatic heterocycles. The normalized spacial score (nSPS) is 10.7. The van der Waals surface area contributed by atoms with Gasteiger partial charge in [0.05, 0.1) is 5.56 Å². The highest BCUT2D eigenvalue weighted by Crippen LogP contribution is 2.32. The minimum absolute atomic E-state index is 0.313. The maximum atomic E-state index is 13.5. The Morgan fingerprint density at radius 1 is 1.40 bits per heavy atom. The van der Waals surface area contributed by atoms with Crippen LogP contribution in [0.25, 0.3) is 0 Å². The van der Waals surface area contributed by atoms with Gasteiger partial charge in [-0.1, -0.05) is 13.8 Å². The highest BCUT2D eigenvalue weighted by Gasteiger charge is 2.23. The first-order valence-corrected chi connectivity index (χ1v) is 4.30. The minimum Gasteiger partial charge on any atom is -0.505 e. The maximum absolute atomic E-state index is 13.5. The van der Waals surface area contributed by atoms with Gasteiger partial charge in [-0.2, -0.15) is 0 Å². The summed E-state index contributed by atoms with van der Waals surface area (Å²) in [6, 6.07) is 0.471. The highest BCUT2D eigenvalue weighted by molar-refractivity contribution is 5.88. The van der Waals surface area contributed by atoms with E-state index in [1.54, 1.807) is 0 Å². The molecule has 0 radical (unpaired) electrons. The van der Waals surface area contributed by atoms with Crippen molar-refractivity contribution >= 4 is 5.97 Å². The number of carboxylic acids is 1. The summed E-state index contributed by atoms with van der Waals surface area (Å²) in [7, 11) is 0. The van der Waals surface area contributed by atoms with Gasteiger partial charge in [0.25, 0.3) is 0 Å². The molecule has 0 unspecified atom stereocenters. The van der Waals surface area contributed by atoms with E-state index in [4.69, 9.17) is 5.11 Å². The average molecular weight is 216 g/mol. The lowest BCUT2D eigenvalue weighted by atomic mass is 9.98. The molecule has 15 heavy (non-hydrogen) atoms. The molecule has 0 amide bonds. The zero-order valence-corrected chi connectivity index (χ0v) is 8.21. The molecule has 1 aromatic carbocycles. The molecule has 0 aliphatic heterocycles. The first-order chi connectivity index (χ1) is 6.86. The average Bonchev–Trinajstić information content (AvgIpc) is 2.10. The van der Waals surface area contributed by atoms with E-state index in [1.807, 2.05) is 0 Å². The fraction of sp³-hybridized carbons (Fsp3) is 0.300. The van der Waals surface area contributed by atoms with Crippen molar-refractivity contribution in [2.45, 2.75) is 19.8 Å².